The fourth-order valence-corrected chi connectivity index (χ4v) is 3.97. The van der Waals surface area contributed by atoms with E-state index in [1.165, 1.54) is 17.4 Å². The number of aromatic nitrogens is 3. The molecule has 0 spiro atoms. The SMILES string of the molecule is Cc1cc(NC(=O)c2ccc(Cl)cc2Cl)n(-c2nc3ccccc3s2)n1. The summed E-state index contributed by atoms with van der Waals surface area (Å²) < 4.78 is 2.68. The summed E-state index contributed by atoms with van der Waals surface area (Å²) in [4.78, 5) is 17.2. The minimum Gasteiger partial charge on any atom is -0.306 e. The van der Waals surface area contributed by atoms with Crippen molar-refractivity contribution in [2.75, 3.05) is 5.32 Å². The molecule has 4 rings (SSSR count). The third-order valence-corrected chi connectivity index (χ3v) is 5.27. The second kappa shape index (κ2) is 6.72. The van der Waals surface area contributed by atoms with Crippen LogP contribution in [0, 0.1) is 6.92 Å². The van der Waals surface area contributed by atoms with Crippen LogP contribution in [0.2, 0.25) is 10.0 Å². The number of benzene rings is 2. The quantitative estimate of drug-likeness (QED) is 0.502. The lowest BCUT2D eigenvalue weighted by molar-refractivity contribution is 0.102. The molecule has 0 unspecified atom stereocenters. The Balaban J connectivity index is 1.70. The summed E-state index contributed by atoms with van der Waals surface area (Å²) in [6.07, 6.45) is 0. The second-order valence-corrected chi connectivity index (χ2v) is 7.48. The van der Waals surface area contributed by atoms with Crippen LogP contribution >= 0.6 is 34.5 Å². The molecular formula is C18H12Cl2N4OS. The Morgan fingerprint density at radius 2 is 1.96 bits per heavy atom. The van der Waals surface area contributed by atoms with E-state index < -0.39 is 0 Å². The van der Waals surface area contributed by atoms with Gasteiger partial charge in [0.15, 0.2) is 0 Å². The Morgan fingerprint density at radius 1 is 1.15 bits per heavy atom. The second-order valence-electron chi connectivity index (χ2n) is 5.63. The zero-order valence-corrected chi connectivity index (χ0v) is 15.9. The van der Waals surface area contributed by atoms with Crippen molar-refractivity contribution in [3.63, 3.8) is 0 Å². The highest BCUT2D eigenvalue weighted by Gasteiger charge is 2.17. The van der Waals surface area contributed by atoms with Gasteiger partial charge in [0, 0.05) is 11.1 Å². The lowest BCUT2D eigenvalue weighted by Gasteiger charge is -2.08. The van der Waals surface area contributed by atoms with Crippen molar-refractivity contribution in [1.82, 2.24) is 14.8 Å². The standard InChI is InChI=1S/C18H12Cl2N4OS/c1-10-8-16(22-17(25)12-7-6-11(19)9-13(12)20)24(23-10)18-21-14-4-2-3-5-15(14)26-18/h2-9H,1H3,(H,22,25). The maximum Gasteiger partial charge on any atom is 0.258 e. The number of rotatable bonds is 3. The van der Waals surface area contributed by atoms with Gasteiger partial charge >= 0.3 is 0 Å². The van der Waals surface area contributed by atoms with Crippen molar-refractivity contribution in [3.05, 3.63) is 69.8 Å². The van der Waals surface area contributed by atoms with Crippen LogP contribution in [0.5, 0.6) is 0 Å². The Bertz CT molecular complexity index is 1100. The Hall–Kier alpha value is -2.41. The molecule has 0 saturated heterocycles. The Labute approximate surface area is 163 Å². The number of nitrogens with one attached hydrogen (secondary N) is 1. The lowest BCUT2D eigenvalue weighted by atomic mass is 10.2. The fraction of sp³-hybridized carbons (Fsp3) is 0.0556. The van der Waals surface area contributed by atoms with Crippen molar-refractivity contribution in [2.24, 2.45) is 0 Å². The molecule has 2 heterocycles. The third kappa shape index (κ3) is 3.19. The summed E-state index contributed by atoms with van der Waals surface area (Å²) in [6.45, 7) is 1.86. The van der Waals surface area contributed by atoms with E-state index in [1.54, 1.807) is 22.9 Å². The number of nitrogens with zero attached hydrogens (tertiary/aromatic N) is 3. The molecule has 130 valence electrons. The first-order chi connectivity index (χ1) is 12.5. The van der Waals surface area contributed by atoms with E-state index in [4.69, 9.17) is 23.2 Å². The molecule has 1 amide bonds. The van der Waals surface area contributed by atoms with Crippen molar-refractivity contribution in [1.29, 1.82) is 0 Å². The summed E-state index contributed by atoms with van der Waals surface area (Å²) in [6, 6.07) is 14.4. The van der Waals surface area contributed by atoms with Crippen LogP contribution in [0.3, 0.4) is 0 Å². The monoisotopic (exact) mass is 402 g/mol. The van der Waals surface area contributed by atoms with E-state index >= 15 is 0 Å². The molecule has 4 aromatic rings. The van der Waals surface area contributed by atoms with Crippen LogP contribution in [0.25, 0.3) is 15.3 Å². The lowest BCUT2D eigenvalue weighted by Crippen LogP contribution is -2.15. The van der Waals surface area contributed by atoms with Gasteiger partial charge in [-0.05, 0) is 37.3 Å². The zero-order valence-electron chi connectivity index (χ0n) is 13.5. The topological polar surface area (TPSA) is 59.8 Å². The highest BCUT2D eigenvalue weighted by Crippen LogP contribution is 2.28. The molecule has 0 fully saturated rings. The van der Waals surface area contributed by atoms with Crippen LogP contribution in [0.1, 0.15) is 16.1 Å². The first-order valence-electron chi connectivity index (χ1n) is 7.70. The number of amides is 1. The summed E-state index contributed by atoms with van der Waals surface area (Å²) in [5, 5.41) is 8.75. The largest absolute Gasteiger partial charge is 0.306 e. The number of para-hydroxylation sites is 1. The maximum atomic E-state index is 12.6. The molecule has 0 bridgehead atoms. The highest BCUT2D eigenvalue weighted by atomic mass is 35.5. The van der Waals surface area contributed by atoms with Gasteiger partial charge in [0.25, 0.3) is 5.91 Å². The highest BCUT2D eigenvalue weighted by molar-refractivity contribution is 7.20. The van der Waals surface area contributed by atoms with Crippen LogP contribution in [0.15, 0.2) is 48.5 Å². The fourth-order valence-electron chi connectivity index (χ4n) is 2.54. The van der Waals surface area contributed by atoms with Crippen molar-refractivity contribution in [2.45, 2.75) is 6.92 Å². The number of thiazole rings is 1. The average Bonchev–Trinajstić information content (AvgIpc) is 3.17. The van der Waals surface area contributed by atoms with Gasteiger partial charge in [0.2, 0.25) is 5.13 Å². The molecule has 0 radical (unpaired) electrons. The van der Waals surface area contributed by atoms with Crippen molar-refractivity contribution >= 4 is 56.5 Å². The average molecular weight is 403 g/mol. The van der Waals surface area contributed by atoms with Gasteiger partial charge in [0.1, 0.15) is 5.82 Å². The molecule has 2 aromatic carbocycles. The molecule has 0 aliphatic heterocycles. The summed E-state index contributed by atoms with van der Waals surface area (Å²) in [5.41, 5.74) is 1.99. The number of carbonyl (C=O) groups excluding carboxylic acids is 1. The normalized spacial score (nSPS) is 11.0. The van der Waals surface area contributed by atoms with E-state index in [-0.39, 0.29) is 10.9 Å². The van der Waals surface area contributed by atoms with Gasteiger partial charge in [0.05, 0.1) is 26.5 Å². The Morgan fingerprint density at radius 3 is 2.73 bits per heavy atom. The molecule has 8 heteroatoms. The molecule has 0 atom stereocenters. The number of carbonyl (C=O) groups is 1. The van der Waals surface area contributed by atoms with Crippen LogP contribution in [-0.4, -0.2) is 20.7 Å². The van der Waals surface area contributed by atoms with E-state index in [1.807, 2.05) is 31.2 Å². The number of halogens is 2. The predicted octanol–water partition coefficient (Wildman–Crippen LogP) is 5.35. The van der Waals surface area contributed by atoms with Crippen molar-refractivity contribution in [3.8, 4) is 5.13 Å². The van der Waals surface area contributed by atoms with Crippen LogP contribution in [-0.2, 0) is 0 Å². The van der Waals surface area contributed by atoms with Crippen LogP contribution < -0.4 is 5.32 Å². The minimum absolute atomic E-state index is 0.290. The first kappa shape index (κ1) is 17.0. The number of aryl methyl sites for hydroxylation is 1. The molecular weight excluding hydrogens is 391 g/mol. The van der Waals surface area contributed by atoms with Gasteiger partial charge in [-0.25, -0.2) is 4.98 Å². The minimum atomic E-state index is -0.339. The molecule has 0 aliphatic carbocycles. The first-order valence-corrected chi connectivity index (χ1v) is 9.27. The molecule has 2 aromatic heterocycles. The van der Waals surface area contributed by atoms with Crippen molar-refractivity contribution < 1.29 is 4.79 Å². The van der Waals surface area contributed by atoms with E-state index in [2.05, 4.69) is 15.4 Å². The summed E-state index contributed by atoms with van der Waals surface area (Å²) >= 11 is 13.5. The van der Waals surface area contributed by atoms with E-state index in [0.29, 0.717) is 21.5 Å². The molecule has 1 N–H and O–H groups in total. The third-order valence-electron chi connectivity index (χ3n) is 3.71. The van der Waals surface area contributed by atoms with Gasteiger partial charge in [-0.1, -0.05) is 46.7 Å². The number of hydrogen-bond acceptors (Lipinski definition) is 4. The molecule has 26 heavy (non-hydrogen) atoms. The van der Waals surface area contributed by atoms with Gasteiger partial charge in [-0.15, -0.1) is 0 Å². The molecule has 0 aliphatic rings. The smallest absolute Gasteiger partial charge is 0.258 e. The van der Waals surface area contributed by atoms with E-state index in [9.17, 15) is 4.79 Å². The predicted molar refractivity (Wildman–Crippen MR) is 106 cm³/mol. The number of fused-ring (bicyclic) bond motifs is 1. The van der Waals surface area contributed by atoms with Gasteiger partial charge in [-0.2, -0.15) is 9.78 Å². The number of anilines is 1. The van der Waals surface area contributed by atoms with Gasteiger partial charge in [-0.3, -0.25) is 4.79 Å². The van der Waals surface area contributed by atoms with Gasteiger partial charge < -0.3 is 5.32 Å². The summed E-state index contributed by atoms with van der Waals surface area (Å²) in [7, 11) is 0. The molecule has 0 saturated carbocycles. The molecule has 5 nitrogen and oxygen atoms in total. The van der Waals surface area contributed by atoms with Crippen LogP contribution in [0.4, 0.5) is 5.82 Å². The zero-order chi connectivity index (χ0) is 18.3. The number of hydrogen-bond donors (Lipinski definition) is 1. The Kier molecular flexibility index (Phi) is 4.40. The van der Waals surface area contributed by atoms with E-state index in [0.717, 1.165) is 15.9 Å². The summed E-state index contributed by atoms with van der Waals surface area (Å²) in [5.74, 6) is 0.187. The maximum absolute atomic E-state index is 12.6.